The number of hydrogen-bond donors (Lipinski definition) is 1. The molecule has 0 aromatic carbocycles. The fourth-order valence-electron chi connectivity index (χ4n) is 3.78. The Kier molecular flexibility index (Phi) is 8.72. The van der Waals surface area contributed by atoms with Crippen LogP contribution in [0.4, 0.5) is 0 Å². The highest BCUT2D eigenvalue weighted by atomic mass is 16.5. The lowest BCUT2D eigenvalue weighted by molar-refractivity contribution is -0.00281. The first-order chi connectivity index (χ1) is 9.28. The molecule has 19 heavy (non-hydrogen) atoms. The van der Waals surface area contributed by atoms with Crippen molar-refractivity contribution >= 4 is 0 Å². The molecule has 0 saturated heterocycles. The summed E-state index contributed by atoms with van der Waals surface area (Å²) >= 11 is 0. The molecule has 0 spiro atoms. The maximum atomic E-state index is 6.03. The quantitative estimate of drug-likeness (QED) is 0.670. The van der Waals surface area contributed by atoms with E-state index in [4.69, 9.17) is 4.74 Å². The maximum absolute atomic E-state index is 6.03. The number of nitrogens with one attached hydrogen (secondary N) is 1. The molecule has 1 rings (SSSR count). The molecule has 1 saturated carbocycles. The van der Waals surface area contributed by atoms with E-state index in [-0.39, 0.29) is 0 Å². The topological polar surface area (TPSA) is 21.3 Å². The van der Waals surface area contributed by atoms with E-state index in [2.05, 4.69) is 33.0 Å². The first kappa shape index (κ1) is 17.0. The second-order valence-corrected chi connectivity index (χ2v) is 6.00. The number of hydrogen-bond acceptors (Lipinski definition) is 2. The summed E-state index contributed by atoms with van der Waals surface area (Å²) < 4.78 is 6.03. The summed E-state index contributed by atoms with van der Waals surface area (Å²) in [4.78, 5) is 0. The molecule has 1 fully saturated rings. The molecule has 1 aliphatic carbocycles. The lowest BCUT2D eigenvalue weighted by Gasteiger charge is -2.41. The van der Waals surface area contributed by atoms with Crippen molar-refractivity contribution in [3.63, 3.8) is 0 Å². The third-order valence-electron chi connectivity index (χ3n) is 4.77. The number of rotatable bonds is 9. The summed E-state index contributed by atoms with van der Waals surface area (Å²) in [6.07, 6.45) is 9.73. The minimum Gasteiger partial charge on any atom is -0.377 e. The van der Waals surface area contributed by atoms with Gasteiger partial charge >= 0.3 is 0 Å². The van der Waals surface area contributed by atoms with Crippen molar-refractivity contribution in [3.8, 4) is 0 Å². The lowest BCUT2D eigenvalue weighted by Crippen LogP contribution is -2.49. The van der Waals surface area contributed by atoms with Gasteiger partial charge in [0.25, 0.3) is 0 Å². The van der Waals surface area contributed by atoms with Crippen LogP contribution in [0.15, 0.2) is 0 Å². The third-order valence-corrected chi connectivity index (χ3v) is 4.77. The van der Waals surface area contributed by atoms with E-state index in [1.165, 1.54) is 38.5 Å². The van der Waals surface area contributed by atoms with Gasteiger partial charge in [0.05, 0.1) is 6.10 Å². The van der Waals surface area contributed by atoms with Crippen LogP contribution in [0.25, 0.3) is 0 Å². The summed E-state index contributed by atoms with van der Waals surface area (Å²) in [7, 11) is 0. The van der Waals surface area contributed by atoms with Gasteiger partial charge in [0.2, 0.25) is 0 Å². The Morgan fingerprint density at radius 2 is 1.84 bits per heavy atom. The summed E-state index contributed by atoms with van der Waals surface area (Å²) in [5.74, 6) is 1.72. The molecular formula is C17H35NO. The molecule has 2 nitrogen and oxygen atoms in total. The van der Waals surface area contributed by atoms with Crippen molar-refractivity contribution in [2.45, 2.75) is 84.8 Å². The normalized spacial score (nSPS) is 27.2. The first-order valence-corrected chi connectivity index (χ1v) is 8.63. The molecule has 114 valence electrons. The van der Waals surface area contributed by atoms with Gasteiger partial charge in [-0.15, -0.1) is 0 Å². The third kappa shape index (κ3) is 5.07. The molecule has 0 bridgehead atoms. The van der Waals surface area contributed by atoms with Gasteiger partial charge in [0, 0.05) is 12.6 Å². The van der Waals surface area contributed by atoms with Crippen LogP contribution in [0.2, 0.25) is 0 Å². The van der Waals surface area contributed by atoms with E-state index in [0.717, 1.165) is 31.4 Å². The van der Waals surface area contributed by atoms with E-state index in [1.54, 1.807) is 0 Å². The van der Waals surface area contributed by atoms with Gasteiger partial charge in [-0.05, 0) is 44.6 Å². The molecule has 0 heterocycles. The van der Waals surface area contributed by atoms with E-state index >= 15 is 0 Å². The monoisotopic (exact) mass is 269 g/mol. The predicted molar refractivity (Wildman–Crippen MR) is 83.5 cm³/mol. The van der Waals surface area contributed by atoms with E-state index in [9.17, 15) is 0 Å². The van der Waals surface area contributed by atoms with Crippen LogP contribution in [0.3, 0.4) is 0 Å². The van der Waals surface area contributed by atoms with E-state index in [0.29, 0.717) is 12.1 Å². The number of ether oxygens (including phenoxy) is 1. The van der Waals surface area contributed by atoms with Crippen LogP contribution >= 0.6 is 0 Å². The molecule has 4 atom stereocenters. The smallest absolute Gasteiger partial charge is 0.0728 e. The Balaban J connectivity index is 2.73. The molecule has 2 heteroatoms. The molecule has 0 aromatic heterocycles. The molecule has 1 aliphatic rings. The van der Waals surface area contributed by atoms with Gasteiger partial charge in [-0.1, -0.05) is 46.5 Å². The van der Waals surface area contributed by atoms with Gasteiger partial charge in [-0.3, -0.25) is 0 Å². The van der Waals surface area contributed by atoms with Gasteiger partial charge in [-0.25, -0.2) is 0 Å². The van der Waals surface area contributed by atoms with Crippen LogP contribution in [-0.4, -0.2) is 25.3 Å². The van der Waals surface area contributed by atoms with Crippen LogP contribution in [0.1, 0.15) is 72.6 Å². The van der Waals surface area contributed by atoms with Gasteiger partial charge in [0.15, 0.2) is 0 Å². The Morgan fingerprint density at radius 1 is 1.11 bits per heavy atom. The Hall–Kier alpha value is -0.0800. The second kappa shape index (κ2) is 9.77. The van der Waals surface area contributed by atoms with Crippen LogP contribution < -0.4 is 5.32 Å². The van der Waals surface area contributed by atoms with Crippen molar-refractivity contribution in [2.75, 3.05) is 13.2 Å². The summed E-state index contributed by atoms with van der Waals surface area (Å²) in [5.41, 5.74) is 0. The fourth-order valence-corrected chi connectivity index (χ4v) is 3.78. The van der Waals surface area contributed by atoms with Crippen molar-refractivity contribution in [2.24, 2.45) is 11.8 Å². The molecule has 0 aromatic rings. The zero-order chi connectivity index (χ0) is 14.1. The van der Waals surface area contributed by atoms with Gasteiger partial charge in [0.1, 0.15) is 0 Å². The average molecular weight is 269 g/mol. The molecular weight excluding hydrogens is 234 g/mol. The van der Waals surface area contributed by atoms with Gasteiger partial charge in [-0.2, -0.15) is 0 Å². The average Bonchev–Trinajstić information content (AvgIpc) is 2.46. The highest BCUT2D eigenvalue weighted by molar-refractivity contribution is 4.89. The fraction of sp³-hybridized carbons (Fsp3) is 1.00. The van der Waals surface area contributed by atoms with Crippen LogP contribution in [0.5, 0.6) is 0 Å². The zero-order valence-corrected chi connectivity index (χ0v) is 13.6. The first-order valence-electron chi connectivity index (χ1n) is 8.63. The summed E-state index contributed by atoms with van der Waals surface area (Å²) in [6, 6.07) is 0.565. The zero-order valence-electron chi connectivity index (χ0n) is 13.6. The van der Waals surface area contributed by atoms with Crippen molar-refractivity contribution in [1.29, 1.82) is 0 Å². The Bertz CT molecular complexity index is 219. The molecule has 4 unspecified atom stereocenters. The Morgan fingerprint density at radius 3 is 2.42 bits per heavy atom. The Labute approximate surface area is 120 Å². The van der Waals surface area contributed by atoms with Crippen molar-refractivity contribution in [3.05, 3.63) is 0 Å². The van der Waals surface area contributed by atoms with Crippen molar-refractivity contribution in [1.82, 2.24) is 5.32 Å². The van der Waals surface area contributed by atoms with Crippen LogP contribution in [-0.2, 0) is 4.74 Å². The highest BCUT2D eigenvalue weighted by Crippen LogP contribution is 2.36. The highest BCUT2D eigenvalue weighted by Gasteiger charge is 2.34. The van der Waals surface area contributed by atoms with Crippen molar-refractivity contribution < 1.29 is 4.74 Å². The van der Waals surface area contributed by atoms with E-state index in [1.807, 2.05) is 0 Å². The maximum Gasteiger partial charge on any atom is 0.0728 e. The van der Waals surface area contributed by atoms with Crippen LogP contribution in [0, 0.1) is 11.8 Å². The standard InChI is InChI=1S/C17H35NO/c1-5-13-18-17(16(7-3)19-8-4)15-12-10-9-11-14(15)6-2/h14-18H,5-13H2,1-4H3. The SMILES string of the molecule is CCCNC(C(CC)OCC)C1CCCCC1CC. The minimum atomic E-state index is 0.397. The molecule has 1 N–H and O–H groups in total. The summed E-state index contributed by atoms with van der Waals surface area (Å²) in [5, 5.41) is 3.81. The van der Waals surface area contributed by atoms with E-state index < -0.39 is 0 Å². The lowest BCUT2D eigenvalue weighted by atomic mass is 9.72. The minimum absolute atomic E-state index is 0.397. The molecule has 0 amide bonds. The second-order valence-electron chi connectivity index (χ2n) is 6.00. The van der Waals surface area contributed by atoms with Gasteiger partial charge < -0.3 is 10.1 Å². The predicted octanol–water partition coefficient (Wildman–Crippen LogP) is 4.39. The summed E-state index contributed by atoms with van der Waals surface area (Å²) in [6.45, 7) is 11.0. The molecule has 0 aliphatic heterocycles. The largest absolute Gasteiger partial charge is 0.377 e. The molecule has 0 radical (unpaired) electrons.